The Bertz CT molecular complexity index is 1020. The van der Waals surface area contributed by atoms with Crippen LogP contribution in [0.25, 0.3) is 0 Å². The lowest BCUT2D eigenvalue weighted by Gasteiger charge is -2.23. The van der Waals surface area contributed by atoms with E-state index < -0.39 is 34.0 Å². The number of esters is 1. The highest BCUT2D eigenvalue weighted by Crippen LogP contribution is 2.35. The van der Waals surface area contributed by atoms with Gasteiger partial charge in [-0.15, -0.1) is 0 Å². The molecule has 0 amide bonds. The molecule has 29 heavy (non-hydrogen) atoms. The van der Waals surface area contributed by atoms with E-state index in [0.29, 0.717) is 0 Å². The third-order valence-corrected chi connectivity index (χ3v) is 6.66. The number of methoxy groups -OCH3 is 2. The van der Waals surface area contributed by atoms with Crippen LogP contribution in [0.5, 0.6) is 11.5 Å². The minimum Gasteiger partial charge on any atom is -0.495 e. The summed E-state index contributed by atoms with van der Waals surface area (Å²) in [4.78, 5) is 12.1. The zero-order valence-electron chi connectivity index (χ0n) is 15.7. The van der Waals surface area contributed by atoms with Crippen LogP contribution in [0.1, 0.15) is 6.42 Å². The summed E-state index contributed by atoms with van der Waals surface area (Å²) in [6, 6.07) is 8.79. The number of para-hydroxylation sites is 1. The minimum absolute atomic E-state index is 0.00309. The number of rotatable bonds is 6. The van der Waals surface area contributed by atoms with E-state index in [4.69, 9.17) is 25.8 Å². The molecule has 2 atom stereocenters. The highest BCUT2D eigenvalue weighted by Gasteiger charge is 2.46. The van der Waals surface area contributed by atoms with Gasteiger partial charge in [0.1, 0.15) is 22.8 Å². The molecule has 0 radical (unpaired) electrons. The minimum atomic E-state index is -4.19. The van der Waals surface area contributed by atoms with Crippen LogP contribution in [-0.4, -0.2) is 51.6 Å². The van der Waals surface area contributed by atoms with E-state index in [1.165, 1.54) is 43.5 Å². The molecule has 0 aliphatic carbocycles. The zero-order valence-corrected chi connectivity index (χ0v) is 17.2. The average molecular weight is 444 g/mol. The Morgan fingerprint density at radius 3 is 2.55 bits per heavy atom. The van der Waals surface area contributed by atoms with Crippen LogP contribution in [0.15, 0.2) is 47.4 Å². The number of sulfonamides is 1. The molecule has 7 nitrogen and oxygen atoms in total. The van der Waals surface area contributed by atoms with Crippen molar-refractivity contribution in [2.45, 2.75) is 23.5 Å². The van der Waals surface area contributed by atoms with Crippen molar-refractivity contribution in [1.29, 1.82) is 0 Å². The summed E-state index contributed by atoms with van der Waals surface area (Å²) in [5.74, 6) is -1.27. The molecule has 1 fully saturated rings. The first-order valence-corrected chi connectivity index (χ1v) is 10.4. The number of benzene rings is 2. The van der Waals surface area contributed by atoms with Gasteiger partial charge < -0.3 is 14.2 Å². The van der Waals surface area contributed by atoms with Crippen molar-refractivity contribution >= 4 is 27.6 Å². The van der Waals surface area contributed by atoms with E-state index in [9.17, 15) is 17.6 Å². The fourth-order valence-corrected chi connectivity index (χ4v) is 5.21. The van der Waals surface area contributed by atoms with Gasteiger partial charge in [0.15, 0.2) is 11.6 Å². The SMILES string of the molecule is COC(=O)[C@@H]1C[C@H](Oc2ccccc2F)CN1S(=O)(=O)c1cc(Cl)ccc1OC. The van der Waals surface area contributed by atoms with Gasteiger partial charge in [0, 0.05) is 11.4 Å². The van der Waals surface area contributed by atoms with Crippen molar-refractivity contribution in [3.63, 3.8) is 0 Å². The third kappa shape index (κ3) is 4.31. The molecule has 1 saturated heterocycles. The van der Waals surface area contributed by atoms with Gasteiger partial charge in [0.05, 0.1) is 20.8 Å². The Balaban J connectivity index is 1.96. The maximum atomic E-state index is 13.9. The normalized spacial score (nSPS) is 19.7. The second-order valence-corrected chi connectivity index (χ2v) is 8.61. The van der Waals surface area contributed by atoms with Crippen LogP contribution in [0.2, 0.25) is 5.02 Å². The Hall–Kier alpha value is -2.36. The smallest absolute Gasteiger partial charge is 0.324 e. The molecule has 2 aromatic rings. The van der Waals surface area contributed by atoms with E-state index in [0.717, 1.165) is 11.4 Å². The Labute approximate surface area is 173 Å². The fraction of sp³-hybridized carbons (Fsp3) is 0.316. The number of hydrogen-bond acceptors (Lipinski definition) is 6. The van der Waals surface area contributed by atoms with Gasteiger partial charge in [0.25, 0.3) is 0 Å². The summed E-state index contributed by atoms with van der Waals surface area (Å²) in [5.41, 5.74) is 0. The molecule has 1 aliphatic heterocycles. The summed E-state index contributed by atoms with van der Waals surface area (Å²) < 4.78 is 57.1. The Morgan fingerprint density at radius 2 is 1.90 bits per heavy atom. The number of halogens is 2. The maximum Gasteiger partial charge on any atom is 0.324 e. The van der Waals surface area contributed by atoms with Gasteiger partial charge in [-0.2, -0.15) is 4.31 Å². The highest BCUT2D eigenvalue weighted by atomic mass is 35.5. The van der Waals surface area contributed by atoms with Gasteiger partial charge in [-0.25, -0.2) is 12.8 Å². The van der Waals surface area contributed by atoms with Gasteiger partial charge in [-0.1, -0.05) is 23.7 Å². The lowest BCUT2D eigenvalue weighted by Crippen LogP contribution is -2.41. The van der Waals surface area contributed by atoms with Crippen molar-refractivity contribution in [2.24, 2.45) is 0 Å². The van der Waals surface area contributed by atoms with Crippen molar-refractivity contribution in [3.05, 3.63) is 53.3 Å². The van der Waals surface area contributed by atoms with Gasteiger partial charge >= 0.3 is 5.97 Å². The third-order valence-electron chi connectivity index (χ3n) is 4.53. The Morgan fingerprint density at radius 1 is 1.17 bits per heavy atom. The molecular formula is C19H19ClFNO6S. The van der Waals surface area contributed by atoms with Crippen molar-refractivity contribution < 1.29 is 31.8 Å². The number of hydrogen-bond donors (Lipinski definition) is 0. The van der Waals surface area contributed by atoms with Crippen molar-refractivity contribution in [2.75, 3.05) is 20.8 Å². The largest absolute Gasteiger partial charge is 0.495 e. The average Bonchev–Trinajstić information content (AvgIpc) is 3.14. The van der Waals surface area contributed by atoms with E-state index >= 15 is 0 Å². The first kappa shape index (κ1) is 21.4. The van der Waals surface area contributed by atoms with Crippen molar-refractivity contribution in [1.82, 2.24) is 4.31 Å². The van der Waals surface area contributed by atoms with E-state index in [2.05, 4.69) is 0 Å². The first-order chi connectivity index (χ1) is 13.8. The first-order valence-electron chi connectivity index (χ1n) is 8.62. The number of nitrogens with zero attached hydrogens (tertiary/aromatic N) is 1. The number of ether oxygens (including phenoxy) is 3. The monoisotopic (exact) mass is 443 g/mol. The summed E-state index contributed by atoms with van der Waals surface area (Å²) in [6.45, 7) is -0.175. The van der Waals surface area contributed by atoms with Crippen LogP contribution >= 0.6 is 11.6 Å². The number of carbonyl (C=O) groups excluding carboxylic acids is 1. The molecular weight excluding hydrogens is 425 g/mol. The number of carbonyl (C=O) groups is 1. The van der Waals surface area contributed by atoms with Gasteiger partial charge in [0.2, 0.25) is 10.0 Å². The van der Waals surface area contributed by atoms with Gasteiger partial charge in [-0.3, -0.25) is 4.79 Å². The second kappa shape index (κ2) is 8.56. The van der Waals surface area contributed by atoms with Crippen LogP contribution in [-0.2, 0) is 19.6 Å². The molecule has 156 valence electrons. The van der Waals surface area contributed by atoms with Crippen LogP contribution < -0.4 is 9.47 Å². The van der Waals surface area contributed by atoms with Gasteiger partial charge in [-0.05, 0) is 30.3 Å². The Kier molecular flexibility index (Phi) is 6.30. The lowest BCUT2D eigenvalue weighted by molar-refractivity contribution is -0.144. The predicted octanol–water partition coefficient (Wildman–Crippen LogP) is 2.87. The molecule has 0 bridgehead atoms. The van der Waals surface area contributed by atoms with E-state index in [1.54, 1.807) is 6.07 Å². The van der Waals surface area contributed by atoms with E-state index in [1.807, 2.05) is 0 Å². The highest BCUT2D eigenvalue weighted by molar-refractivity contribution is 7.89. The topological polar surface area (TPSA) is 82.1 Å². The van der Waals surface area contributed by atoms with Crippen LogP contribution in [0, 0.1) is 5.82 Å². The molecule has 0 N–H and O–H groups in total. The summed E-state index contributed by atoms with van der Waals surface area (Å²) >= 11 is 5.97. The molecule has 0 unspecified atom stereocenters. The lowest BCUT2D eigenvalue weighted by atomic mass is 10.2. The summed E-state index contributed by atoms with van der Waals surface area (Å²) in [5, 5.41) is 0.192. The quantitative estimate of drug-likeness (QED) is 0.638. The molecule has 3 rings (SSSR count). The molecule has 10 heteroatoms. The predicted molar refractivity (Wildman–Crippen MR) is 103 cm³/mol. The zero-order chi connectivity index (χ0) is 21.2. The van der Waals surface area contributed by atoms with E-state index in [-0.39, 0.29) is 34.4 Å². The maximum absolute atomic E-state index is 13.9. The molecule has 1 heterocycles. The van der Waals surface area contributed by atoms with Crippen molar-refractivity contribution in [3.8, 4) is 11.5 Å². The molecule has 0 saturated carbocycles. The molecule has 1 aliphatic rings. The summed E-state index contributed by atoms with van der Waals surface area (Å²) in [7, 11) is -1.70. The molecule has 0 spiro atoms. The standard InChI is InChI=1S/C19H19ClFNO6S/c1-26-17-8-7-12(20)9-18(17)29(24,25)22-11-13(10-15(22)19(23)27-2)28-16-6-4-3-5-14(16)21/h3-9,13,15H,10-11H2,1-2H3/t13-,15-/m0/s1. The summed E-state index contributed by atoms with van der Waals surface area (Å²) in [6.07, 6.45) is -0.751. The molecule has 2 aromatic carbocycles. The second-order valence-electron chi connectivity index (χ2n) is 6.31. The van der Waals surface area contributed by atoms with Crippen LogP contribution in [0.4, 0.5) is 4.39 Å². The molecule has 0 aromatic heterocycles. The fourth-order valence-electron chi connectivity index (χ4n) is 3.17. The van der Waals surface area contributed by atoms with Crippen LogP contribution in [0.3, 0.4) is 0 Å².